The summed E-state index contributed by atoms with van der Waals surface area (Å²) < 4.78 is 25.0. The van der Waals surface area contributed by atoms with Crippen molar-refractivity contribution in [2.75, 3.05) is 40.0 Å². The average molecular weight is 466 g/mol. The third-order valence-corrected chi connectivity index (χ3v) is 6.29. The normalized spacial score (nSPS) is 20.8. The second-order valence-corrected chi connectivity index (χ2v) is 10.9. The van der Waals surface area contributed by atoms with Crippen LogP contribution in [0.5, 0.6) is 0 Å². The van der Waals surface area contributed by atoms with Gasteiger partial charge in [0, 0.05) is 50.9 Å². The SMILES string of the molecule is COCC(C)(C)c1cn(CCOC2CCCCO2)c(C2CCN(C(=O)OC(C)(C)C)CC2)n1. The van der Waals surface area contributed by atoms with Crippen LogP contribution in [0.3, 0.4) is 0 Å². The van der Waals surface area contributed by atoms with E-state index >= 15 is 0 Å². The summed E-state index contributed by atoms with van der Waals surface area (Å²) in [6.07, 6.45) is 6.81. The van der Waals surface area contributed by atoms with Gasteiger partial charge in [0.1, 0.15) is 11.4 Å². The first-order valence-electron chi connectivity index (χ1n) is 12.4. The summed E-state index contributed by atoms with van der Waals surface area (Å²) in [5, 5.41) is 0. The Morgan fingerprint density at radius 2 is 1.88 bits per heavy atom. The van der Waals surface area contributed by atoms with Crippen molar-refractivity contribution >= 4 is 6.09 Å². The summed E-state index contributed by atoms with van der Waals surface area (Å²) in [5.74, 6) is 1.37. The van der Waals surface area contributed by atoms with Crippen LogP contribution in [0.15, 0.2) is 6.20 Å². The second-order valence-electron chi connectivity index (χ2n) is 10.9. The molecule has 1 amide bonds. The van der Waals surface area contributed by atoms with Crippen LogP contribution >= 0.6 is 0 Å². The van der Waals surface area contributed by atoms with Crippen LogP contribution in [0.4, 0.5) is 4.79 Å². The molecule has 188 valence electrons. The molecule has 3 heterocycles. The molecule has 1 aromatic heterocycles. The van der Waals surface area contributed by atoms with E-state index in [2.05, 4.69) is 24.6 Å². The monoisotopic (exact) mass is 465 g/mol. The Morgan fingerprint density at radius 1 is 1.15 bits per heavy atom. The highest BCUT2D eigenvalue weighted by Gasteiger charge is 2.32. The molecule has 0 radical (unpaired) electrons. The summed E-state index contributed by atoms with van der Waals surface area (Å²) in [5.41, 5.74) is 0.371. The molecule has 1 unspecified atom stereocenters. The van der Waals surface area contributed by atoms with Gasteiger partial charge in [0.2, 0.25) is 0 Å². The number of hydrogen-bond acceptors (Lipinski definition) is 6. The molecule has 0 aromatic carbocycles. The van der Waals surface area contributed by atoms with E-state index in [9.17, 15) is 4.79 Å². The summed E-state index contributed by atoms with van der Waals surface area (Å²) in [4.78, 5) is 19.4. The Labute approximate surface area is 198 Å². The van der Waals surface area contributed by atoms with Gasteiger partial charge in [-0.05, 0) is 52.9 Å². The number of ether oxygens (including phenoxy) is 4. The third-order valence-electron chi connectivity index (χ3n) is 6.29. The Morgan fingerprint density at radius 3 is 2.48 bits per heavy atom. The molecule has 2 aliphatic rings. The minimum atomic E-state index is -0.478. The van der Waals surface area contributed by atoms with E-state index in [0.29, 0.717) is 32.2 Å². The molecule has 1 aromatic rings. The third kappa shape index (κ3) is 7.42. The van der Waals surface area contributed by atoms with Gasteiger partial charge in [-0.25, -0.2) is 9.78 Å². The standard InChI is InChI=1S/C25H43N3O5/c1-24(2,3)33-23(29)27-12-10-19(11-13-27)22-26-20(25(4,5)18-30-6)17-28(22)14-16-32-21-9-7-8-15-31-21/h17,19,21H,7-16,18H2,1-6H3. The van der Waals surface area contributed by atoms with Crippen molar-refractivity contribution in [3.8, 4) is 0 Å². The van der Waals surface area contributed by atoms with Crippen LogP contribution in [0.1, 0.15) is 84.2 Å². The van der Waals surface area contributed by atoms with Gasteiger partial charge in [0.05, 0.1) is 18.9 Å². The van der Waals surface area contributed by atoms with Crippen molar-refractivity contribution in [3.05, 3.63) is 17.7 Å². The Balaban J connectivity index is 1.67. The van der Waals surface area contributed by atoms with Gasteiger partial charge in [0.15, 0.2) is 6.29 Å². The molecule has 3 rings (SSSR count). The number of rotatable bonds is 8. The largest absolute Gasteiger partial charge is 0.444 e. The molecular formula is C25H43N3O5. The van der Waals surface area contributed by atoms with Crippen molar-refractivity contribution in [2.24, 2.45) is 0 Å². The number of piperidine rings is 1. The Bertz CT molecular complexity index is 757. The minimum Gasteiger partial charge on any atom is -0.444 e. The molecular weight excluding hydrogens is 422 g/mol. The number of nitrogens with zero attached hydrogens (tertiary/aromatic N) is 3. The number of aromatic nitrogens is 2. The molecule has 2 aliphatic heterocycles. The lowest BCUT2D eigenvalue weighted by Crippen LogP contribution is -2.41. The van der Waals surface area contributed by atoms with E-state index in [1.54, 1.807) is 7.11 Å². The molecule has 33 heavy (non-hydrogen) atoms. The summed E-state index contributed by atoms with van der Waals surface area (Å²) in [6.45, 7) is 14.1. The van der Waals surface area contributed by atoms with Crippen molar-refractivity contribution in [3.63, 3.8) is 0 Å². The molecule has 0 bridgehead atoms. The van der Waals surface area contributed by atoms with Gasteiger partial charge in [-0.2, -0.15) is 0 Å². The molecule has 1 atom stereocenters. The summed E-state index contributed by atoms with van der Waals surface area (Å²) >= 11 is 0. The molecule has 8 heteroatoms. The van der Waals surface area contributed by atoms with Crippen molar-refractivity contribution in [2.45, 2.75) is 96.5 Å². The second kappa shape index (κ2) is 11.2. The molecule has 0 saturated carbocycles. The minimum absolute atomic E-state index is 0.0906. The Hall–Kier alpha value is -1.64. The van der Waals surface area contributed by atoms with E-state index < -0.39 is 5.60 Å². The summed E-state index contributed by atoms with van der Waals surface area (Å²) in [7, 11) is 1.73. The average Bonchev–Trinajstić information content (AvgIpc) is 3.19. The van der Waals surface area contributed by atoms with E-state index in [1.807, 2.05) is 25.7 Å². The first kappa shape index (κ1) is 26.0. The maximum Gasteiger partial charge on any atom is 0.410 e. The fourth-order valence-corrected chi connectivity index (χ4v) is 4.47. The van der Waals surface area contributed by atoms with Crippen LogP contribution in [0, 0.1) is 0 Å². The predicted octanol–water partition coefficient (Wildman–Crippen LogP) is 4.46. The molecule has 0 spiro atoms. The van der Waals surface area contributed by atoms with Gasteiger partial charge in [-0.15, -0.1) is 0 Å². The van der Waals surface area contributed by atoms with E-state index in [0.717, 1.165) is 56.8 Å². The zero-order valence-electron chi connectivity index (χ0n) is 21.4. The number of imidazole rings is 1. The lowest BCUT2D eigenvalue weighted by Gasteiger charge is -2.33. The lowest BCUT2D eigenvalue weighted by atomic mass is 9.91. The number of methoxy groups -OCH3 is 1. The van der Waals surface area contributed by atoms with Gasteiger partial charge < -0.3 is 28.4 Å². The molecule has 0 aliphatic carbocycles. The lowest BCUT2D eigenvalue weighted by molar-refractivity contribution is -0.163. The van der Waals surface area contributed by atoms with Crippen LogP contribution in [-0.2, 0) is 30.9 Å². The van der Waals surface area contributed by atoms with Gasteiger partial charge in [-0.1, -0.05) is 13.8 Å². The van der Waals surface area contributed by atoms with Crippen molar-refractivity contribution in [1.29, 1.82) is 0 Å². The number of likely N-dealkylation sites (tertiary alicyclic amines) is 1. The highest BCUT2D eigenvalue weighted by atomic mass is 16.7. The predicted molar refractivity (Wildman–Crippen MR) is 126 cm³/mol. The fourth-order valence-electron chi connectivity index (χ4n) is 4.47. The summed E-state index contributed by atoms with van der Waals surface area (Å²) in [6, 6.07) is 0. The van der Waals surface area contributed by atoms with Crippen LogP contribution in [0.25, 0.3) is 0 Å². The first-order valence-corrected chi connectivity index (χ1v) is 12.4. The zero-order valence-corrected chi connectivity index (χ0v) is 21.4. The van der Waals surface area contributed by atoms with Crippen LogP contribution < -0.4 is 0 Å². The van der Waals surface area contributed by atoms with Crippen molar-refractivity contribution in [1.82, 2.24) is 14.5 Å². The number of amides is 1. The first-order chi connectivity index (χ1) is 15.6. The molecule has 8 nitrogen and oxygen atoms in total. The highest BCUT2D eigenvalue weighted by molar-refractivity contribution is 5.68. The van der Waals surface area contributed by atoms with Gasteiger partial charge >= 0.3 is 6.09 Å². The fraction of sp³-hybridized carbons (Fsp3) is 0.840. The smallest absolute Gasteiger partial charge is 0.410 e. The van der Waals surface area contributed by atoms with Crippen molar-refractivity contribution < 1.29 is 23.7 Å². The van der Waals surface area contributed by atoms with Gasteiger partial charge in [0.25, 0.3) is 0 Å². The highest BCUT2D eigenvalue weighted by Crippen LogP contribution is 2.31. The molecule has 0 N–H and O–H groups in total. The quantitative estimate of drug-likeness (QED) is 0.564. The number of carbonyl (C=O) groups excluding carboxylic acids is 1. The maximum absolute atomic E-state index is 12.5. The molecule has 2 saturated heterocycles. The number of carbonyl (C=O) groups is 1. The van der Waals surface area contributed by atoms with Gasteiger partial charge in [-0.3, -0.25) is 0 Å². The van der Waals surface area contributed by atoms with E-state index in [4.69, 9.17) is 23.9 Å². The van der Waals surface area contributed by atoms with E-state index in [1.165, 1.54) is 0 Å². The van der Waals surface area contributed by atoms with E-state index in [-0.39, 0.29) is 17.8 Å². The van der Waals surface area contributed by atoms with Crippen LogP contribution in [0.2, 0.25) is 0 Å². The maximum atomic E-state index is 12.5. The number of hydrogen-bond donors (Lipinski definition) is 0. The topological polar surface area (TPSA) is 75.1 Å². The Kier molecular flexibility index (Phi) is 8.81. The zero-order chi connectivity index (χ0) is 24.1. The molecule has 2 fully saturated rings. The van der Waals surface area contributed by atoms with Crippen LogP contribution in [-0.4, -0.2) is 72.5 Å².